The topological polar surface area (TPSA) is 46.6 Å². The Bertz CT molecular complexity index is 719. The van der Waals surface area contributed by atoms with Crippen LogP contribution in [0.2, 0.25) is 10.0 Å². The number of rotatable bonds is 4. The average molecular weight is 352 g/mol. The molecule has 0 aromatic heterocycles. The Morgan fingerprint density at radius 3 is 2.35 bits per heavy atom. The van der Waals surface area contributed by atoms with Crippen LogP contribution >= 0.6 is 23.2 Å². The Labute approximate surface area is 144 Å². The van der Waals surface area contributed by atoms with E-state index in [-0.39, 0.29) is 21.5 Å². The Kier molecular flexibility index (Phi) is 5.64. The van der Waals surface area contributed by atoms with E-state index in [9.17, 15) is 9.59 Å². The van der Waals surface area contributed by atoms with Gasteiger partial charge in [0, 0.05) is 12.7 Å². The van der Waals surface area contributed by atoms with Crippen LogP contribution in [-0.2, 0) is 9.53 Å². The van der Waals surface area contributed by atoms with Gasteiger partial charge in [0.05, 0.1) is 15.6 Å². The number of halogens is 2. The normalized spacial score (nSPS) is 11.7. The van der Waals surface area contributed by atoms with Gasteiger partial charge in [-0.05, 0) is 31.2 Å². The molecule has 0 aliphatic rings. The molecule has 2 aromatic rings. The van der Waals surface area contributed by atoms with Gasteiger partial charge in [0.25, 0.3) is 5.91 Å². The molecule has 0 aliphatic heterocycles. The highest BCUT2D eigenvalue weighted by Crippen LogP contribution is 2.26. The van der Waals surface area contributed by atoms with E-state index in [0.29, 0.717) is 5.69 Å². The molecular weight excluding hydrogens is 337 g/mol. The first-order valence-electron chi connectivity index (χ1n) is 6.89. The molecule has 0 fully saturated rings. The van der Waals surface area contributed by atoms with Crippen LogP contribution in [0.3, 0.4) is 0 Å². The third-order valence-corrected chi connectivity index (χ3v) is 4.10. The molecule has 0 N–H and O–H groups in total. The van der Waals surface area contributed by atoms with Crippen LogP contribution in [0.25, 0.3) is 0 Å². The van der Waals surface area contributed by atoms with Crippen molar-refractivity contribution in [2.24, 2.45) is 0 Å². The van der Waals surface area contributed by atoms with Gasteiger partial charge < -0.3 is 9.64 Å². The van der Waals surface area contributed by atoms with E-state index in [1.807, 2.05) is 18.2 Å². The fourth-order valence-corrected chi connectivity index (χ4v) is 2.37. The van der Waals surface area contributed by atoms with Crippen LogP contribution in [0.4, 0.5) is 5.69 Å². The number of hydrogen-bond donors (Lipinski definition) is 0. The molecule has 0 heterocycles. The number of carbonyl (C=O) groups is 2. The molecule has 4 nitrogen and oxygen atoms in total. The van der Waals surface area contributed by atoms with Gasteiger partial charge in [-0.15, -0.1) is 0 Å². The highest BCUT2D eigenvalue weighted by Gasteiger charge is 2.24. The minimum absolute atomic E-state index is 0.107. The van der Waals surface area contributed by atoms with Crippen molar-refractivity contribution < 1.29 is 14.3 Å². The molecule has 23 heavy (non-hydrogen) atoms. The lowest BCUT2D eigenvalue weighted by Gasteiger charge is -2.21. The molecular formula is C17H15Cl2NO3. The van der Waals surface area contributed by atoms with Crippen LogP contribution in [0.1, 0.15) is 17.3 Å². The van der Waals surface area contributed by atoms with Crippen LogP contribution in [0.5, 0.6) is 0 Å². The van der Waals surface area contributed by atoms with Gasteiger partial charge in [-0.1, -0.05) is 47.5 Å². The highest BCUT2D eigenvalue weighted by molar-refractivity contribution is 6.43. The molecule has 0 radical (unpaired) electrons. The first kappa shape index (κ1) is 17.3. The summed E-state index contributed by atoms with van der Waals surface area (Å²) in [6.07, 6.45) is -0.956. The summed E-state index contributed by atoms with van der Waals surface area (Å²) in [4.78, 5) is 25.9. The van der Waals surface area contributed by atoms with Crippen LogP contribution in [-0.4, -0.2) is 25.0 Å². The molecule has 6 heteroatoms. The number of amides is 1. The summed E-state index contributed by atoms with van der Waals surface area (Å²) >= 11 is 11.9. The van der Waals surface area contributed by atoms with E-state index in [4.69, 9.17) is 27.9 Å². The quantitative estimate of drug-likeness (QED) is 0.775. The summed E-state index contributed by atoms with van der Waals surface area (Å²) in [5, 5.41) is 0.358. The van der Waals surface area contributed by atoms with Crippen molar-refractivity contribution in [2.45, 2.75) is 13.0 Å². The molecule has 2 aromatic carbocycles. The second kappa shape index (κ2) is 7.49. The Hall–Kier alpha value is -2.04. The lowest BCUT2D eigenvalue weighted by molar-refractivity contribution is -0.126. The predicted octanol–water partition coefficient (Wildman–Crippen LogP) is 4.20. The first-order chi connectivity index (χ1) is 10.9. The van der Waals surface area contributed by atoms with Gasteiger partial charge in [0.2, 0.25) is 0 Å². The van der Waals surface area contributed by atoms with Crippen molar-refractivity contribution >= 4 is 40.8 Å². The third-order valence-electron chi connectivity index (χ3n) is 3.28. The van der Waals surface area contributed by atoms with Gasteiger partial charge >= 0.3 is 5.97 Å². The van der Waals surface area contributed by atoms with Crippen molar-refractivity contribution in [2.75, 3.05) is 11.9 Å². The van der Waals surface area contributed by atoms with Gasteiger partial charge in [0.1, 0.15) is 0 Å². The van der Waals surface area contributed by atoms with E-state index in [1.54, 1.807) is 31.3 Å². The zero-order valence-corrected chi connectivity index (χ0v) is 14.1. The summed E-state index contributed by atoms with van der Waals surface area (Å²) in [6, 6.07) is 13.7. The summed E-state index contributed by atoms with van der Waals surface area (Å²) in [7, 11) is 1.62. The molecule has 1 amide bonds. The van der Waals surface area contributed by atoms with E-state index in [0.717, 1.165) is 0 Å². The second-order valence-electron chi connectivity index (χ2n) is 4.88. The number of ether oxygens (including phenoxy) is 1. The molecule has 0 bridgehead atoms. The van der Waals surface area contributed by atoms with Gasteiger partial charge in [-0.2, -0.15) is 0 Å². The number of likely N-dealkylation sites (N-methyl/N-ethyl adjacent to an activating group) is 1. The molecule has 0 saturated heterocycles. The van der Waals surface area contributed by atoms with Crippen molar-refractivity contribution in [3.63, 3.8) is 0 Å². The standard InChI is InChI=1S/C17H15Cl2NO3/c1-11(16(21)20(2)12-7-4-3-5-8-12)23-17(22)13-9-6-10-14(18)15(13)19/h3-11H,1-2H3/t11-/m0/s1. The van der Waals surface area contributed by atoms with E-state index in [2.05, 4.69) is 0 Å². The number of esters is 1. The summed E-state index contributed by atoms with van der Waals surface area (Å²) in [5.74, 6) is -1.04. The van der Waals surface area contributed by atoms with Crippen molar-refractivity contribution in [3.05, 3.63) is 64.1 Å². The van der Waals surface area contributed by atoms with Gasteiger partial charge in [0.15, 0.2) is 6.10 Å². The SMILES string of the molecule is C[C@H](OC(=O)c1cccc(Cl)c1Cl)C(=O)N(C)c1ccccc1. The minimum atomic E-state index is -0.956. The maximum absolute atomic E-state index is 12.4. The number of para-hydroxylation sites is 1. The molecule has 0 unspecified atom stereocenters. The zero-order valence-electron chi connectivity index (χ0n) is 12.6. The maximum atomic E-state index is 12.4. The van der Waals surface area contributed by atoms with Gasteiger partial charge in [-0.25, -0.2) is 4.79 Å². The van der Waals surface area contributed by atoms with Crippen LogP contribution in [0.15, 0.2) is 48.5 Å². The summed E-state index contributed by atoms with van der Waals surface area (Å²) in [6.45, 7) is 1.51. The highest BCUT2D eigenvalue weighted by atomic mass is 35.5. The van der Waals surface area contributed by atoms with Crippen molar-refractivity contribution in [3.8, 4) is 0 Å². The molecule has 1 atom stereocenters. The molecule has 0 spiro atoms. The van der Waals surface area contributed by atoms with Crippen LogP contribution < -0.4 is 4.90 Å². The molecule has 120 valence electrons. The number of carbonyl (C=O) groups excluding carboxylic acids is 2. The van der Waals surface area contributed by atoms with E-state index in [1.165, 1.54) is 17.9 Å². The second-order valence-corrected chi connectivity index (χ2v) is 5.67. The zero-order chi connectivity index (χ0) is 17.0. The number of benzene rings is 2. The van der Waals surface area contributed by atoms with Gasteiger partial charge in [-0.3, -0.25) is 4.79 Å². The Morgan fingerprint density at radius 2 is 1.70 bits per heavy atom. The third kappa shape index (κ3) is 4.03. The summed E-state index contributed by atoms with van der Waals surface area (Å²) < 4.78 is 5.20. The fourth-order valence-electron chi connectivity index (χ4n) is 1.99. The number of hydrogen-bond acceptors (Lipinski definition) is 3. The number of anilines is 1. The maximum Gasteiger partial charge on any atom is 0.340 e. The van der Waals surface area contributed by atoms with Crippen LogP contribution in [0, 0.1) is 0 Å². The predicted molar refractivity (Wildman–Crippen MR) is 91.2 cm³/mol. The molecule has 0 aliphatic carbocycles. The summed E-state index contributed by atoms with van der Waals surface area (Å²) in [5.41, 5.74) is 0.836. The lowest BCUT2D eigenvalue weighted by atomic mass is 10.2. The average Bonchev–Trinajstić information content (AvgIpc) is 2.56. The fraction of sp³-hybridized carbons (Fsp3) is 0.176. The monoisotopic (exact) mass is 351 g/mol. The van der Waals surface area contributed by atoms with E-state index < -0.39 is 12.1 Å². The minimum Gasteiger partial charge on any atom is -0.449 e. The lowest BCUT2D eigenvalue weighted by Crippen LogP contribution is -2.37. The molecule has 0 saturated carbocycles. The number of nitrogens with zero attached hydrogens (tertiary/aromatic N) is 1. The Balaban J connectivity index is 2.09. The van der Waals surface area contributed by atoms with E-state index >= 15 is 0 Å². The first-order valence-corrected chi connectivity index (χ1v) is 7.65. The Morgan fingerprint density at radius 1 is 1.04 bits per heavy atom. The largest absolute Gasteiger partial charge is 0.449 e. The smallest absolute Gasteiger partial charge is 0.340 e. The molecule has 2 rings (SSSR count). The van der Waals surface area contributed by atoms with Crippen molar-refractivity contribution in [1.29, 1.82) is 0 Å². The van der Waals surface area contributed by atoms with Crippen molar-refractivity contribution in [1.82, 2.24) is 0 Å².